The summed E-state index contributed by atoms with van der Waals surface area (Å²) in [5.41, 5.74) is 6.39. The highest BCUT2D eigenvalue weighted by Gasteiger charge is 2.20. The van der Waals surface area contributed by atoms with Gasteiger partial charge < -0.3 is 20.9 Å². The summed E-state index contributed by atoms with van der Waals surface area (Å²) in [5.74, 6) is -0.367. The molecule has 0 radical (unpaired) electrons. The fourth-order valence-corrected chi connectivity index (χ4v) is 1.38. The van der Waals surface area contributed by atoms with Gasteiger partial charge in [0, 0.05) is 25.9 Å². The molecule has 0 aromatic carbocycles. The van der Waals surface area contributed by atoms with Gasteiger partial charge in [0.15, 0.2) is 0 Å². The van der Waals surface area contributed by atoms with Crippen molar-refractivity contribution in [2.24, 2.45) is 12.8 Å². The van der Waals surface area contributed by atoms with Crippen molar-refractivity contribution in [2.45, 2.75) is 12.1 Å². The number of carbonyl (C=O) groups excluding carboxylic acids is 1. The number of carbonyl (C=O) groups is 1. The number of hydrogen-bond acceptors (Lipinski definition) is 5. The number of aliphatic hydroxyl groups is 1. The van der Waals surface area contributed by atoms with Gasteiger partial charge in [0.1, 0.15) is 6.04 Å². The largest absolute Gasteiger partial charge is 0.394 e. The summed E-state index contributed by atoms with van der Waals surface area (Å²) >= 11 is 0. The Kier molecular flexibility index (Phi) is 5.08. The first-order chi connectivity index (χ1) is 8.08. The molecule has 0 aliphatic heterocycles. The Hall–Kier alpha value is -1.44. The van der Waals surface area contributed by atoms with E-state index in [-0.39, 0.29) is 19.1 Å². The molecule has 1 aromatic heterocycles. The van der Waals surface area contributed by atoms with Crippen molar-refractivity contribution in [1.82, 2.24) is 15.1 Å². The molecule has 0 aliphatic carbocycles. The minimum Gasteiger partial charge on any atom is -0.394 e. The van der Waals surface area contributed by atoms with Crippen molar-refractivity contribution < 1.29 is 14.6 Å². The number of methoxy groups -OCH3 is 1. The van der Waals surface area contributed by atoms with E-state index in [1.54, 1.807) is 17.9 Å². The zero-order chi connectivity index (χ0) is 12.8. The van der Waals surface area contributed by atoms with E-state index in [0.29, 0.717) is 5.56 Å². The van der Waals surface area contributed by atoms with Crippen molar-refractivity contribution in [3.05, 3.63) is 18.0 Å². The normalized spacial score (nSPS) is 14.4. The highest BCUT2D eigenvalue weighted by atomic mass is 16.5. The first-order valence-corrected chi connectivity index (χ1v) is 5.22. The topological polar surface area (TPSA) is 102 Å². The van der Waals surface area contributed by atoms with Gasteiger partial charge in [-0.2, -0.15) is 5.10 Å². The number of amides is 1. The summed E-state index contributed by atoms with van der Waals surface area (Å²) in [6.45, 7) is 0.0430. The van der Waals surface area contributed by atoms with Crippen LogP contribution in [-0.4, -0.2) is 47.2 Å². The van der Waals surface area contributed by atoms with Crippen LogP contribution in [-0.2, 0) is 16.6 Å². The Bertz CT molecular complexity index is 366. The third-order valence-electron chi connectivity index (χ3n) is 2.30. The molecular weight excluding hydrogens is 224 g/mol. The van der Waals surface area contributed by atoms with Crippen molar-refractivity contribution in [3.63, 3.8) is 0 Å². The lowest BCUT2D eigenvalue weighted by molar-refractivity contribution is -0.123. The molecule has 0 aliphatic rings. The van der Waals surface area contributed by atoms with Crippen LogP contribution in [0.5, 0.6) is 0 Å². The number of hydrogen-bond donors (Lipinski definition) is 3. The Morgan fingerprint density at radius 1 is 1.76 bits per heavy atom. The van der Waals surface area contributed by atoms with Gasteiger partial charge >= 0.3 is 0 Å². The van der Waals surface area contributed by atoms with Crippen LogP contribution in [0.2, 0.25) is 0 Å². The molecular formula is C10H18N4O3. The first kappa shape index (κ1) is 13.6. The SMILES string of the molecule is COCC(CO)NC(=O)C(N)c1cnn(C)c1. The van der Waals surface area contributed by atoms with E-state index in [1.165, 1.54) is 13.3 Å². The number of nitrogens with one attached hydrogen (secondary N) is 1. The van der Waals surface area contributed by atoms with Crippen LogP contribution in [0.25, 0.3) is 0 Å². The predicted octanol–water partition coefficient (Wildman–Crippen LogP) is -1.46. The molecule has 0 spiro atoms. The van der Waals surface area contributed by atoms with Crippen molar-refractivity contribution >= 4 is 5.91 Å². The summed E-state index contributed by atoms with van der Waals surface area (Å²) in [6, 6.07) is -1.25. The van der Waals surface area contributed by atoms with Crippen LogP contribution < -0.4 is 11.1 Å². The quantitative estimate of drug-likeness (QED) is 0.566. The zero-order valence-electron chi connectivity index (χ0n) is 9.96. The molecule has 1 heterocycles. The Balaban J connectivity index is 2.57. The lowest BCUT2D eigenvalue weighted by Crippen LogP contribution is -2.44. The van der Waals surface area contributed by atoms with Crippen LogP contribution in [0, 0.1) is 0 Å². The number of aromatic nitrogens is 2. The Morgan fingerprint density at radius 2 is 2.47 bits per heavy atom. The molecule has 1 aromatic rings. The van der Waals surface area contributed by atoms with Crippen LogP contribution in [0.1, 0.15) is 11.6 Å². The minimum absolute atomic E-state index is 0.195. The van der Waals surface area contributed by atoms with Crippen LogP contribution in [0.4, 0.5) is 0 Å². The second-order valence-corrected chi connectivity index (χ2v) is 3.77. The van der Waals surface area contributed by atoms with E-state index in [2.05, 4.69) is 10.4 Å². The van der Waals surface area contributed by atoms with Gasteiger partial charge in [0.05, 0.1) is 25.5 Å². The average Bonchev–Trinajstić information content (AvgIpc) is 2.74. The van der Waals surface area contributed by atoms with Gasteiger partial charge in [0.25, 0.3) is 0 Å². The molecule has 7 nitrogen and oxygen atoms in total. The van der Waals surface area contributed by atoms with Crippen molar-refractivity contribution in [3.8, 4) is 0 Å². The molecule has 96 valence electrons. The number of rotatable bonds is 6. The van der Waals surface area contributed by atoms with Crippen molar-refractivity contribution in [2.75, 3.05) is 20.3 Å². The molecule has 7 heteroatoms. The van der Waals surface area contributed by atoms with E-state index in [0.717, 1.165) is 0 Å². The second-order valence-electron chi connectivity index (χ2n) is 3.77. The Morgan fingerprint density at radius 3 is 2.94 bits per heavy atom. The monoisotopic (exact) mass is 242 g/mol. The standard InChI is InChI=1S/C10H18N4O3/c1-14-4-7(3-12-14)9(11)10(16)13-8(5-15)6-17-2/h3-4,8-9,15H,5-6,11H2,1-2H3,(H,13,16). The van der Waals surface area contributed by atoms with E-state index in [1.807, 2.05) is 0 Å². The maximum absolute atomic E-state index is 11.8. The number of ether oxygens (including phenoxy) is 1. The molecule has 0 fully saturated rings. The lowest BCUT2D eigenvalue weighted by atomic mass is 10.1. The maximum Gasteiger partial charge on any atom is 0.242 e. The third-order valence-corrected chi connectivity index (χ3v) is 2.30. The van der Waals surface area contributed by atoms with Gasteiger partial charge in [-0.3, -0.25) is 9.48 Å². The molecule has 0 bridgehead atoms. The summed E-state index contributed by atoms with van der Waals surface area (Å²) in [7, 11) is 3.24. The Labute approximate surface area is 99.6 Å². The highest BCUT2D eigenvalue weighted by Crippen LogP contribution is 2.08. The molecule has 2 unspecified atom stereocenters. The van der Waals surface area contributed by atoms with Crippen LogP contribution >= 0.6 is 0 Å². The smallest absolute Gasteiger partial charge is 0.242 e. The first-order valence-electron chi connectivity index (χ1n) is 5.22. The molecule has 1 amide bonds. The van der Waals surface area contributed by atoms with Gasteiger partial charge in [-0.1, -0.05) is 0 Å². The summed E-state index contributed by atoms with van der Waals surface area (Å²) in [5, 5.41) is 15.5. The van der Waals surface area contributed by atoms with E-state index < -0.39 is 12.1 Å². The van der Waals surface area contributed by atoms with Crippen LogP contribution in [0.15, 0.2) is 12.4 Å². The molecule has 1 rings (SSSR count). The van der Waals surface area contributed by atoms with Gasteiger partial charge in [0.2, 0.25) is 5.91 Å². The van der Waals surface area contributed by atoms with Crippen LogP contribution in [0.3, 0.4) is 0 Å². The summed E-state index contributed by atoms with van der Waals surface area (Å²) < 4.78 is 6.42. The molecule has 0 saturated carbocycles. The lowest BCUT2D eigenvalue weighted by Gasteiger charge is -2.17. The number of nitrogens with two attached hydrogens (primary N) is 1. The molecule has 17 heavy (non-hydrogen) atoms. The minimum atomic E-state index is -0.797. The number of aliphatic hydroxyl groups excluding tert-OH is 1. The third kappa shape index (κ3) is 3.81. The summed E-state index contributed by atoms with van der Waals surface area (Å²) in [6.07, 6.45) is 3.21. The molecule has 4 N–H and O–H groups in total. The fraction of sp³-hybridized carbons (Fsp3) is 0.600. The summed E-state index contributed by atoms with van der Waals surface area (Å²) in [4.78, 5) is 11.8. The predicted molar refractivity (Wildman–Crippen MR) is 61.0 cm³/mol. The van der Waals surface area contributed by atoms with Crippen molar-refractivity contribution in [1.29, 1.82) is 0 Å². The maximum atomic E-state index is 11.8. The van der Waals surface area contributed by atoms with E-state index in [9.17, 15) is 4.79 Å². The fourth-order valence-electron chi connectivity index (χ4n) is 1.38. The van der Waals surface area contributed by atoms with Gasteiger partial charge in [-0.05, 0) is 0 Å². The van der Waals surface area contributed by atoms with E-state index >= 15 is 0 Å². The molecule has 2 atom stereocenters. The second kappa shape index (κ2) is 6.33. The van der Waals surface area contributed by atoms with E-state index in [4.69, 9.17) is 15.6 Å². The number of nitrogens with zero attached hydrogens (tertiary/aromatic N) is 2. The molecule has 0 saturated heterocycles. The zero-order valence-corrected chi connectivity index (χ0v) is 9.96. The number of aryl methyl sites for hydroxylation is 1. The average molecular weight is 242 g/mol. The van der Waals surface area contributed by atoms with Gasteiger partial charge in [-0.25, -0.2) is 0 Å². The highest BCUT2D eigenvalue weighted by molar-refractivity contribution is 5.83. The van der Waals surface area contributed by atoms with Gasteiger partial charge in [-0.15, -0.1) is 0 Å².